The number of benzene rings is 1. The SMILES string of the molecule is COc1ccc(C)cc1CC(N)c1ccc(F)cn1. The summed E-state index contributed by atoms with van der Waals surface area (Å²) in [6, 6.07) is 8.66. The molecule has 0 fully saturated rings. The highest BCUT2D eigenvalue weighted by atomic mass is 19.1. The lowest BCUT2D eigenvalue weighted by molar-refractivity contribution is 0.408. The quantitative estimate of drug-likeness (QED) is 0.919. The number of nitrogens with zero attached hydrogens (tertiary/aromatic N) is 1. The van der Waals surface area contributed by atoms with Crippen molar-refractivity contribution in [3.63, 3.8) is 0 Å². The Labute approximate surface area is 112 Å². The van der Waals surface area contributed by atoms with Gasteiger partial charge in [-0.05, 0) is 37.1 Å². The van der Waals surface area contributed by atoms with E-state index in [4.69, 9.17) is 10.5 Å². The van der Waals surface area contributed by atoms with Gasteiger partial charge in [0.05, 0.1) is 25.0 Å². The molecule has 0 aliphatic heterocycles. The monoisotopic (exact) mass is 260 g/mol. The van der Waals surface area contributed by atoms with Crippen LogP contribution in [0.3, 0.4) is 0 Å². The molecule has 0 spiro atoms. The molecule has 2 N–H and O–H groups in total. The van der Waals surface area contributed by atoms with E-state index in [9.17, 15) is 4.39 Å². The van der Waals surface area contributed by atoms with Crippen LogP contribution in [0.2, 0.25) is 0 Å². The zero-order valence-electron chi connectivity index (χ0n) is 11.1. The minimum absolute atomic E-state index is 0.281. The summed E-state index contributed by atoms with van der Waals surface area (Å²) in [5.74, 6) is 0.451. The van der Waals surface area contributed by atoms with E-state index >= 15 is 0 Å². The highest BCUT2D eigenvalue weighted by molar-refractivity contribution is 5.37. The number of pyridine rings is 1. The molecule has 0 aliphatic carbocycles. The van der Waals surface area contributed by atoms with Crippen LogP contribution in [0, 0.1) is 12.7 Å². The molecule has 19 heavy (non-hydrogen) atoms. The number of ether oxygens (including phenoxy) is 1. The van der Waals surface area contributed by atoms with Gasteiger partial charge in [-0.1, -0.05) is 17.7 Å². The van der Waals surface area contributed by atoms with Crippen molar-refractivity contribution in [2.45, 2.75) is 19.4 Å². The van der Waals surface area contributed by atoms with E-state index in [1.54, 1.807) is 13.2 Å². The number of rotatable bonds is 4. The molecule has 1 aromatic heterocycles. The number of hydrogen-bond acceptors (Lipinski definition) is 3. The predicted octanol–water partition coefficient (Wildman–Crippen LogP) is 2.78. The Hall–Kier alpha value is -1.94. The highest BCUT2D eigenvalue weighted by Gasteiger charge is 2.12. The molecule has 0 radical (unpaired) electrons. The van der Waals surface area contributed by atoms with Gasteiger partial charge in [-0.15, -0.1) is 0 Å². The van der Waals surface area contributed by atoms with Crippen LogP contribution in [0.5, 0.6) is 5.75 Å². The summed E-state index contributed by atoms with van der Waals surface area (Å²) < 4.78 is 18.1. The van der Waals surface area contributed by atoms with Crippen molar-refractivity contribution in [2.24, 2.45) is 5.73 Å². The fraction of sp³-hybridized carbons (Fsp3) is 0.267. The lowest BCUT2D eigenvalue weighted by Crippen LogP contribution is -2.15. The molecule has 2 aromatic rings. The van der Waals surface area contributed by atoms with Crippen LogP contribution < -0.4 is 10.5 Å². The lowest BCUT2D eigenvalue weighted by atomic mass is 10.0. The lowest BCUT2D eigenvalue weighted by Gasteiger charge is -2.14. The number of hydrogen-bond donors (Lipinski definition) is 1. The molecule has 0 bridgehead atoms. The van der Waals surface area contributed by atoms with Gasteiger partial charge in [-0.25, -0.2) is 4.39 Å². The fourth-order valence-electron chi connectivity index (χ4n) is 2.01. The van der Waals surface area contributed by atoms with Crippen LogP contribution >= 0.6 is 0 Å². The molecule has 1 aromatic carbocycles. The fourth-order valence-corrected chi connectivity index (χ4v) is 2.01. The van der Waals surface area contributed by atoms with E-state index < -0.39 is 0 Å². The van der Waals surface area contributed by atoms with Gasteiger partial charge in [0.1, 0.15) is 11.6 Å². The van der Waals surface area contributed by atoms with Gasteiger partial charge < -0.3 is 10.5 Å². The second-order valence-electron chi connectivity index (χ2n) is 4.53. The third kappa shape index (κ3) is 3.29. The second-order valence-corrected chi connectivity index (χ2v) is 4.53. The Bertz CT molecular complexity index is 555. The van der Waals surface area contributed by atoms with E-state index in [0.717, 1.165) is 16.9 Å². The van der Waals surface area contributed by atoms with Crippen molar-refractivity contribution >= 4 is 0 Å². The van der Waals surface area contributed by atoms with E-state index in [-0.39, 0.29) is 11.9 Å². The van der Waals surface area contributed by atoms with Crippen molar-refractivity contribution in [2.75, 3.05) is 7.11 Å². The number of halogens is 1. The van der Waals surface area contributed by atoms with Crippen molar-refractivity contribution < 1.29 is 9.13 Å². The van der Waals surface area contributed by atoms with E-state index in [1.165, 1.54) is 12.3 Å². The van der Waals surface area contributed by atoms with Crippen molar-refractivity contribution in [1.82, 2.24) is 4.98 Å². The Kier molecular flexibility index (Phi) is 4.12. The third-order valence-corrected chi connectivity index (χ3v) is 3.01. The number of aryl methyl sites for hydroxylation is 1. The summed E-state index contributed by atoms with van der Waals surface area (Å²) in [4.78, 5) is 4.01. The topological polar surface area (TPSA) is 48.1 Å². The molecule has 0 saturated heterocycles. The summed E-state index contributed by atoms with van der Waals surface area (Å²) in [5.41, 5.74) is 8.96. The van der Waals surface area contributed by atoms with E-state index in [1.807, 2.05) is 25.1 Å². The first-order valence-corrected chi connectivity index (χ1v) is 6.10. The van der Waals surface area contributed by atoms with Crippen LogP contribution in [-0.2, 0) is 6.42 Å². The summed E-state index contributed by atoms with van der Waals surface area (Å²) >= 11 is 0. The maximum Gasteiger partial charge on any atom is 0.141 e. The van der Waals surface area contributed by atoms with Gasteiger partial charge in [0, 0.05) is 0 Å². The van der Waals surface area contributed by atoms with Crippen LogP contribution in [-0.4, -0.2) is 12.1 Å². The number of nitrogens with two attached hydrogens (primary N) is 1. The van der Waals surface area contributed by atoms with E-state index in [2.05, 4.69) is 4.98 Å². The van der Waals surface area contributed by atoms with Crippen molar-refractivity contribution in [1.29, 1.82) is 0 Å². The highest BCUT2D eigenvalue weighted by Crippen LogP contribution is 2.24. The molecule has 0 amide bonds. The Morgan fingerprint density at radius 3 is 2.74 bits per heavy atom. The minimum atomic E-state index is -0.357. The summed E-state index contributed by atoms with van der Waals surface area (Å²) in [5, 5.41) is 0. The zero-order chi connectivity index (χ0) is 13.8. The number of aromatic nitrogens is 1. The van der Waals surface area contributed by atoms with E-state index in [0.29, 0.717) is 12.1 Å². The smallest absolute Gasteiger partial charge is 0.141 e. The normalized spacial score (nSPS) is 12.2. The van der Waals surface area contributed by atoms with Crippen LogP contribution in [0.4, 0.5) is 4.39 Å². The van der Waals surface area contributed by atoms with Gasteiger partial charge in [0.25, 0.3) is 0 Å². The molecule has 1 heterocycles. The van der Waals surface area contributed by atoms with Crippen LogP contribution in [0.1, 0.15) is 22.9 Å². The molecule has 1 unspecified atom stereocenters. The third-order valence-electron chi connectivity index (χ3n) is 3.01. The molecular formula is C15H17FN2O. The Morgan fingerprint density at radius 1 is 1.32 bits per heavy atom. The standard InChI is InChI=1S/C15H17FN2O/c1-10-3-6-15(19-2)11(7-10)8-13(17)14-5-4-12(16)9-18-14/h3-7,9,13H,8,17H2,1-2H3. The van der Waals surface area contributed by atoms with Gasteiger partial charge >= 0.3 is 0 Å². The summed E-state index contributed by atoms with van der Waals surface area (Å²) in [7, 11) is 1.63. The molecule has 3 nitrogen and oxygen atoms in total. The van der Waals surface area contributed by atoms with Crippen molar-refractivity contribution in [3.8, 4) is 5.75 Å². The first-order chi connectivity index (χ1) is 9.10. The molecule has 0 saturated carbocycles. The van der Waals surface area contributed by atoms with Crippen LogP contribution in [0.15, 0.2) is 36.5 Å². The first kappa shape index (κ1) is 13.5. The molecule has 100 valence electrons. The first-order valence-electron chi connectivity index (χ1n) is 6.10. The number of methoxy groups -OCH3 is 1. The van der Waals surface area contributed by atoms with Gasteiger partial charge in [0.15, 0.2) is 0 Å². The average molecular weight is 260 g/mol. The molecule has 1 atom stereocenters. The minimum Gasteiger partial charge on any atom is -0.496 e. The zero-order valence-corrected chi connectivity index (χ0v) is 11.1. The maximum absolute atomic E-state index is 12.8. The largest absolute Gasteiger partial charge is 0.496 e. The molecular weight excluding hydrogens is 243 g/mol. The van der Waals surface area contributed by atoms with Crippen LogP contribution in [0.25, 0.3) is 0 Å². The molecule has 0 aliphatic rings. The van der Waals surface area contributed by atoms with Crippen molar-refractivity contribution in [3.05, 3.63) is 59.2 Å². The van der Waals surface area contributed by atoms with Gasteiger partial charge in [-0.2, -0.15) is 0 Å². The maximum atomic E-state index is 12.8. The summed E-state index contributed by atoms with van der Waals surface area (Å²) in [6.45, 7) is 2.02. The second kappa shape index (κ2) is 5.80. The average Bonchev–Trinajstić information content (AvgIpc) is 2.39. The Morgan fingerprint density at radius 2 is 2.11 bits per heavy atom. The summed E-state index contributed by atoms with van der Waals surface area (Å²) in [6.07, 6.45) is 1.78. The van der Waals surface area contributed by atoms with Gasteiger partial charge in [0.2, 0.25) is 0 Å². The predicted molar refractivity (Wildman–Crippen MR) is 72.6 cm³/mol. The van der Waals surface area contributed by atoms with Gasteiger partial charge in [-0.3, -0.25) is 4.98 Å². The molecule has 2 rings (SSSR count). The Balaban J connectivity index is 2.20. The molecule has 4 heteroatoms.